The van der Waals surface area contributed by atoms with Crippen molar-refractivity contribution in [1.29, 1.82) is 0 Å². The molecule has 1 fully saturated rings. The number of amides is 1. The number of nitrogens with zero attached hydrogens (tertiary/aromatic N) is 4. The van der Waals surface area contributed by atoms with Crippen molar-refractivity contribution in [3.8, 4) is 0 Å². The average Bonchev–Trinajstić information content (AvgIpc) is 3.06. The zero-order valence-electron chi connectivity index (χ0n) is 14.7. The van der Waals surface area contributed by atoms with Gasteiger partial charge in [-0.2, -0.15) is 4.31 Å². The molecule has 11 heteroatoms. The third-order valence-electron chi connectivity index (χ3n) is 4.49. The Hall–Kier alpha value is -2.79. The molecule has 1 aliphatic heterocycles. The van der Waals surface area contributed by atoms with Crippen LogP contribution in [0, 0.1) is 17.0 Å². The number of aromatic nitrogens is 2. The SMILES string of the molecule is Cc1ccc(C(=O)N2CCCN(S(=O)(=O)c3cnc[nH]3)CC2)cc1[N+](=O)[O-]. The van der Waals surface area contributed by atoms with E-state index < -0.39 is 14.9 Å². The van der Waals surface area contributed by atoms with Crippen LogP contribution in [0.1, 0.15) is 22.3 Å². The number of hydrogen-bond donors (Lipinski definition) is 1. The minimum atomic E-state index is -3.69. The minimum Gasteiger partial charge on any atom is -0.337 e. The summed E-state index contributed by atoms with van der Waals surface area (Å²) in [5, 5.41) is 11.1. The second-order valence-corrected chi connectivity index (χ2v) is 8.13. The fourth-order valence-corrected chi connectivity index (χ4v) is 4.35. The molecule has 0 unspecified atom stereocenters. The van der Waals surface area contributed by atoms with Gasteiger partial charge >= 0.3 is 0 Å². The van der Waals surface area contributed by atoms with Crippen LogP contribution in [0.3, 0.4) is 0 Å². The number of rotatable bonds is 4. The molecule has 1 aromatic heterocycles. The Morgan fingerprint density at radius 3 is 2.70 bits per heavy atom. The van der Waals surface area contributed by atoms with Crippen molar-refractivity contribution in [3.63, 3.8) is 0 Å². The van der Waals surface area contributed by atoms with E-state index in [2.05, 4.69) is 9.97 Å². The number of H-pyrrole nitrogens is 1. The molecule has 1 amide bonds. The Morgan fingerprint density at radius 2 is 2.04 bits per heavy atom. The Kier molecular flexibility index (Phi) is 5.24. The van der Waals surface area contributed by atoms with Gasteiger partial charge in [0.15, 0.2) is 5.03 Å². The predicted octanol–water partition coefficient (Wildman–Crippen LogP) is 1.16. The molecule has 1 N–H and O–H groups in total. The molecule has 10 nitrogen and oxygen atoms in total. The maximum atomic E-state index is 12.7. The van der Waals surface area contributed by atoms with Gasteiger partial charge in [-0.05, 0) is 19.4 Å². The van der Waals surface area contributed by atoms with Gasteiger partial charge in [-0.3, -0.25) is 14.9 Å². The lowest BCUT2D eigenvalue weighted by atomic mass is 10.1. The molecular formula is C16H19N5O5S. The summed E-state index contributed by atoms with van der Waals surface area (Å²) in [5.74, 6) is -0.348. The minimum absolute atomic E-state index is 0.0106. The van der Waals surface area contributed by atoms with E-state index in [4.69, 9.17) is 0 Å². The summed E-state index contributed by atoms with van der Waals surface area (Å²) in [4.78, 5) is 31.2. The molecule has 0 radical (unpaired) electrons. The number of imidazole rings is 1. The van der Waals surface area contributed by atoms with Crippen molar-refractivity contribution < 1.29 is 18.1 Å². The second kappa shape index (κ2) is 7.45. The van der Waals surface area contributed by atoms with Crippen LogP contribution in [0.5, 0.6) is 0 Å². The van der Waals surface area contributed by atoms with E-state index in [1.165, 1.54) is 33.9 Å². The molecule has 27 heavy (non-hydrogen) atoms. The molecule has 144 valence electrons. The number of aryl methyl sites for hydroxylation is 1. The zero-order valence-corrected chi connectivity index (χ0v) is 15.5. The average molecular weight is 393 g/mol. The highest BCUT2D eigenvalue weighted by atomic mass is 32.2. The summed E-state index contributed by atoms with van der Waals surface area (Å²) in [7, 11) is -3.69. The Bertz CT molecular complexity index is 958. The van der Waals surface area contributed by atoms with Crippen molar-refractivity contribution in [1.82, 2.24) is 19.2 Å². The van der Waals surface area contributed by atoms with Gasteiger partial charge in [0.2, 0.25) is 0 Å². The topological polar surface area (TPSA) is 130 Å². The largest absolute Gasteiger partial charge is 0.337 e. The Morgan fingerprint density at radius 1 is 1.26 bits per heavy atom. The van der Waals surface area contributed by atoms with Crippen LogP contribution in [0.25, 0.3) is 0 Å². The van der Waals surface area contributed by atoms with Crippen molar-refractivity contribution in [3.05, 3.63) is 52.0 Å². The summed E-state index contributed by atoms with van der Waals surface area (Å²) in [6, 6.07) is 4.36. The van der Waals surface area contributed by atoms with E-state index in [1.54, 1.807) is 13.0 Å². The van der Waals surface area contributed by atoms with Gasteiger partial charge in [-0.15, -0.1) is 0 Å². The summed E-state index contributed by atoms with van der Waals surface area (Å²) < 4.78 is 26.5. The number of nitrogens with one attached hydrogen (secondary N) is 1. The highest BCUT2D eigenvalue weighted by Gasteiger charge is 2.29. The lowest BCUT2D eigenvalue weighted by Gasteiger charge is -2.21. The van der Waals surface area contributed by atoms with E-state index >= 15 is 0 Å². The number of aromatic amines is 1. The maximum Gasteiger partial charge on any atom is 0.273 e. The number of carbonyl (C=O) groups is 1. The molecule has 1 aliphatic rings. The summed E-state index contributed by atoms with van der Waals surface area (Å²) >= 11 is 0. The first-order chi connectivity index (χ1) is 12.8. The predicted molar refractivity (Wildman–Crippen MR) is 95.7 cm³/mol. The van der Waals surface area contributed by atoms with Gasteiger partial charge in [0, 0.05) is 43.4 Å². The molecule has 2 aromatic rings. The van der Waals surface area contributed by atoms with Crippen molar-refractivity contribution in [2.45, 2.75) is 18.4 Å². The number of nitro benzene ring substituents is 1. The van der Waals surface area contributed by atoms with E-state index in [9.17, 15) is 23.3 Å². The highest BCUT2D eigenvalue weighted by Crippen LogP contribution is 2.21. The highest BCUT2D eigenvalue weighted by molar-refractivity contribution is 7.89. The maximum absolute atomic E-state index is 12.7. The van der Waals surface area contributed by atoms with E-state index in [-0.39, 0.29) is 41.8 Å². The van der Waals surface area contributed by atoms with Gasteiger partial charge < -0.3 is 9.88 Å². The second-order valence-electron chi connectivity index (χ2n) is 6.22. The molecule has 3 rings (SSSR count). The van der Waals surface area contributed by atoms with Crippen LogP contribution in [0.2, 0.25) is 0 Å². The van der Waals surface area contributed by atoms with Gasteiger partial charge in [0.05, 0.1) is 17.4 Å². The van der Waals surface area contributed by atoms with Crippen molar-refractivity contribution in [2.24, 2.45) is 0 Å². The number of benzene rings is 1. The van der Waals surface area contributed by atoms with Crippen molar-refractivity contribution in [2.75, 3.05) is 26.2 Å². The van der Waals surface area contributed by atoms with Crippen LogP contribution >= 0.6 is 0 Å². The zero-order chi connectivity index (χ0) is 19.6. The first-order valence-electron chi connectivity index (χ1n) is 8.33. The lowest BCUT2D eigenvalue weighted by Crippen LogP contribution is -2.37. The quantitative estimate of drug-likeness (QED) is 0.613. The summed E-state index contributed by atoms with van der Waals surface area (Å²) in [6.07, 6.45) is 3.01. The monoisotopic (exact) mass is 393 g/mol. The van der Waals surface area contributed by atoms with Gasteiger partial charge in [-0.1, -0.05) is 6.07 Å². The Labute approximate surface area is 156 Å². The molecule has 0 bridgehead atoms. The van der Waals surface area contributed by atoms with Crippen molar-refractivity contribution >= 4 is 21.6 Å². The van der Waals surface area contributed by atoms with Crippen LogP contribution in [0.4, 0.5) is 5.69 Å². The number of sulfonamides is 1. The summed E-state index contributed by atoms with van der Waals surface area (Å²) in [6.45, 7) is 2.60. The summed E-state index contributed by atoms with van der Waals surface area (Å²) in [5.41, 5.74) is 0.584. The van der Waals surface area contributed by atoms with Gasteiger partial charge in [0.1, 0.15) is 0 Å². The molecule has 0 spiro atoms. The van der Waals surface area contributed by atoms with Crippen LogP contribution < -0.4 is 0 Å². The van der Waals surface area contributed by atoms with Crippen LogP contribution in [-0.4, -0.2) is 64.6 Å². The molecule has 1 saturated heterocycles. The lowest BCUT2D eigenvalue weighted by molar-refractivity contribution is -0.385. The normalized spacial score (nSPS) is 16.1. The van der Waals surface area contributed by atoms with E-state index in [0.717, 1.165) is 0 Å². The van der Waals surface area contributed by atoms with E-state index in [0.29, 0.717) is 18.5 Å². The first-order valence-corrected chi connectivity index (χ1v) is 9.77. The third-order valence-corrected chi connectivity index (χ3v) is 6.31. The number of nitro groups is 1. The van der Waals surface area contributed by atoms with Gasteiger partial charge in [0.25, 0.3) is 21.6 Å². The molecule has 1 aromatic carbocycles. The number of carbonyl (C=O) groups excluding carboxylic acids is 1. The standard InChI is InChI=1S/C16H19N5O5S/c1-12-3-4-13(9-14(12)21(23)24)16(22)19-5-2-6-20(8-7-19)27(25,26)15-10-17-11-18-15/h3-4,9-11H,2,5-8H2,1H3,(H,17,18). The number of hydrogen-bond acceptors (Lipinski definition) is 6. The van der Waals surface area contributed by atoms with Crippen LogP contribution in [-0.2, 0) is 10.0 Å². The smallest absolute Gasteiger partial charge is 0.273 e. The molecule has 0 aliphatic carbocycles. The molecule has 0 saturated carbocycles. The van der Waals surface area contributed by atoms with E-state index in [1.807, 2.05) is 0 Å². The van der Waals surface area contributed by atoms with Gasteiger partial charge in [-0.25, -0.2) is 13.4 Å². The Balaban J connectivity index is 1.76. The van der Waals surface area contributed by atoms with Crippen LogP contribution in [0.15, 0.2) is 35.7 Å². The first kappa shape index (κ1) is 19.0. The third kappa shape index (κ3) is 3.83. The fraction of sp³-hybridized carbons (Fsp3) is 0.375. The molecule has 2 heterocycles. The fourth-order valence-electron chi connectivity index (χ4n) is 2.98. The molecular weight excluding hydrogens is 374 g/mol. The molecule has 0 atom stereocenters.